The number of carboxylic acids is 2. The van der Waals surface area contributed by atoms with Crippen molar-refractivity contribution >= 4 is 11.9 Å². The van der Waals surface area contributed by atoms with Gasteiger partial charge < -0.3 is 15.9 Å². The lowest BCUT2D eigenvalue weighted by atomic mass is 9.97. The zero-order valence-corrected chi connectivity index (χ0v) is 6.86. The maximum absolute atomic E-state index is 10.5. The number of hydrogen-bond donors (Lipinski definition) is 3. The van der Waals surface area contributed by atoms with Crippen molar-refractivity contribution in [3.63, 3.8) is 0 Å². The molecule has 0 aliphatic rings. The standard InChI is InChI=1S/C7H13NO4/c1-4(8)5(7(11)12)2-3-6(9)10/h4-5H,2-3,8H2,1H3,(H,9,10)(H,11,12)/t4-,5+/m1/s1. The molecule has 0 bridgehead atoms. The minimum Gasteiger partial charge on any atom is -0.481 e. The van der Waals surface area contributed by atoms with E-state index < -0.39 is 23.9 Å². The minimum atomic E-state index is -1.04. The Balaban J connectivity index is 3.97. The number of hydrogen-bond acceptors (Lipinski definition) is 3. The maximum Gasteiger partial charge on any atom is 0.308 e. The molecule has 0 saturated heterocycles. The lowest BCUT2D eigenvalue weighted by Crippen LogP contribution is -2.33. The summed E-state index contributed by atoms with van der Waals surface area (Å²) in [6.07, 6.45) is -0.0686. The number of carbonyl (C=O) groups is 2. The summed E-state index contributed by atoms with van der Waals surface area (Å²) in [5.74, 6) is -2.80. The van der Waals surface area contributed by atoms with Crippen LogP contribution >= 0.6 is 0 Å². The van der Waals surface area contributed by atoms with Crippen molar-refractivity contribution in [2.75, 3.05) is 0 Å². The van der Waals surface area contributed by atoms with Crippen LogP contribution in [-0.2, 0) is 9.59 Å². The monoisotopic (exact) mass is 175 g/mol. The first-order chi connectivity index (χ1) is 5.45. The van der Waals surface area contributed by atoms with Gasteiger partial charge in [0.15, 0.2) is 0 Å². The molecule has 2 atom stereocenters. The molecule has 4 N–H and O–H groups in total. The van der Waals surface area contributed by atoms with E-state index in [1.165, 1.54) is 0 Å². The van der Waals surface area contributed by atoms with Gasteiger partial charge >= 0.3 is 11.9 Å². The SMILES string of the molecule is C[C@@H](N)[C@H](CCC(=O)O)C(=O)O. The lowest BCUT2D eigenvalue weighted by molar-refractivity contribution is -0.143. The molecule has 0 fully saturated rings. The first-order valence-electron chi connectivity index (χ1n) is 3.65. The molecular weight excluding hydrogens is 162 g/mol. The molecule has 0 radical (unpaired) electrons. The first kappa shape index (κ1) is 10.9. The highest BCUT2D eigenvalue weighted by Gasteiger charge is 2.22. The van der Waals surface area contributed by atoms with Gasteiger partial charge in [-0.2, -0.15) is 0 Å². The fraction of sp³-hybridized carbons (Fsp3) is 0.714. The summed E-state index contributed by atoms with van der Waals surface area (Å²) in [7, 11) is 0. The molecule has 0 amide bonds. The van der Waals surface area contributed by atoms with Crippen LogP contribution in [0.2, 0.25) is 0 Å². The van der Waals surface area contributed by atoms with E-state index in [0.717, 1.165) is 0 Å². The molecular formula is C7H13NO4. The lowest BCUT2D eigenvalue weighted by Gasteiger charge is -2.14. The van der Waals surface area contributed by atoms with E-state index in [1.54, 1.807) is 6.92 Å². The molecule has 0 unspecified atom stereocenters. The largest absolute Gasteiger partial charge is 0.481 e. The predicted octanol–water partition coefficient (Wildman–Crippen LogP) is -0.101. The summed E-state index contributed by atoms with van der Waals surface area (Å²) in [6, 6.07) is -0.512. The van der Waals surface area contributed by atoms with Crippen LogP contribution < -0.4 is 5.73 Å². The van der Waals surface area contributed by atoms with Crippen molar-refractivity contribution in [3.05, 3.63) is 0 Å². The Bertz CT molecular complexity index is 178. The van der Waals surface area contributed by atoms with E-state index in [2.05, 4.69) is 0 Å². The summed E-state index contributed by atoms with van der Waals surface area (Å²) in [6.45, 7) is 1.56. The summed E-state index contributed by atoms with van der Waals surface area (Å²) in [5, 5.41) is 16.9. The third kappa shape index (κ3) is 3.92. The fourth-order valence-corrected chi connectivity index (χ4v) is 0.890. The van der Waals surface area contributed by atoms with E-state index in [1.807, 2.05) is 0 Å². The Kier molecular flexibility index (Phi) is 4.28. The van der Waals surface area contributed by atoms with E-state index in [4.69, 9.17) is 15.9 Å². The molecule has 12 heavy (non-hydrogen) atoms. The minimum absolute atomic E-state index is 0.0856. The zero-order chi connectivity index (χ0) is 9.72. The summed E-state index contributed by atoms with van der Waals surface area (Å²) in [4.78, 5) is 20.6. The number of rotatable bonds is 5. The van der Waals surface area contributed by atoms with Gasteiger partial charge in [-0.15, -0.1) is 0 Å². The topological polar surface area (TPSA) is 101 Å². The molecule has 0 aromatic heterocycles. The first-order valence-corrected chi connectivity index (χ1v) is 3.65. The number of nitrogens with two attached hydrogens (primary N) is 1. The van der Waals surface area contributed by atoms with Crippen molar-refractivity contribution < 1.29 is 19.8 Å². The van der Waals surface area contributed by atoms with Crippen LogP contribution in [-0.4, -0.2) is 28.2 Å². The van der Waals surface area contributed by atoms with Gasteiger partial charge in [0.2, 0.25) is 0 Å². The quantitative estimate of drug-likeness (QED) is 0.541. The molecule has 0 aromatic carbocycles. The van der Waals surface area contributed by atoms with Crippen molar-refractivity contribution in [2.24, 2.45) is 11.7 Å². The number of carboxylic acid groups (broad SMARTS) is 2. The van der Waals surface area contributed by atoms with E-state index >= 15 is 0 Å². The molecule has 0 aliphatic carbocycles. The average Bonchev–Trinajstić information content (AvgIpc) is 1.84. The molecule has 70 valence electrons. The Morgan fingerprint density at radius 3 is 2.17 bits per heavy atom. The van der Waals surface area contributed by atoms with Crippen LogP contribution in [0.3, 0.4) is 0 Å². The Morgan fingerprint density at radius 2 is 1.92 bits per heavy atom. The second-order valence-electron chi connectivity index (χ2n) is 2.74. The molecule has 0 saturated carbocycles. The van der Waals surface area contributed by atoms with Crippen LogP contribution in [0.4, 0.5) is 0 Å². The van der Waals surface area contributed by atoms with E-state index in [0.29, 0.717) is 0 Å². The van der Waals surface area contributed by atoms with E-state index in [9.17, 15) is 9.59 Å². The third-order valence-corrected chi connectivity index (χ3v) is 1.62. The molecule has 0 heterocycles. The average molecular weight is 175 g/mol. The van der Waals surface area contributed by atoms with Crippen LogP contribution in [0.1, 0.15) is 19.8 Å². The van der Waals surface area contributed by atoms with Crippen molar-refractivity contribution in [1.29, 1.82) is 0 Å². The van der Waals surface area contributed by atoms with Gasteiger partial charge in [-0.05, 0) is 13.3 Å². The second-order valence-corrected chi connectivity index (χ2v) is 2.74. The molecule has 0 aliphatic heterocycles. The maximum atomic E-state index is 10.5. The van der Waals surface area contributed by atoms with Crippen LogP contribution in [0.15, 0.2) is 0 Å². The summed E-state index contributed by atoms with van der Waals surface area (Å²) in [5.41, 5.74) is 5.35. The van der Waals surface area contributed by atoms with E-state index in [-0.39, 0.29) is 12.8 Å². The molecule has 0 rings (SSSR count). The Morgan fingerprint density at radius 1 is 1.42 bits per heavy atom. The fourth-order valence-electron chi connectivity index (χ4n) is 0.890. The van der Waals surface area contributed by atoms with Crippen LogP contribution in [0.5, 0.6) is 0 Å². The highest BCUT2D eigenvalue weighted by Crippen LogP contribution is 2.10. The second kappa shape index (κ2) is 4.71. The summed E-state index contributed by atoms with van der Waals surface area (Å²) < 4.78 is 0. The highest BCUT2D eigenvalue weighted by molar-refractivity contribution is 5.72. The molecule has 5 heteroatoms. The van der Waals surface area contributed by atoms with Gasteiger partial charge in [0, 0.05) is 12.5 Å². The van der Waals surface area contributed by atoms with Crippen LogP contribution in [0, 0.1) is 5.92 Å². The zero-order valence-electron chi connectivity index (χ0n) is 6.86. The van der Waals surface area contributed by atoms with Gasteiger partial charge in [-0.3, -0.25) is 9.59 Å². The predicted molar refractivity (Wildman–Crippen MR) is 41.6 cm³/mol. The van der Waals surface area contributed by atoms with Crippen molar-refractivity contribution in [2.45, 2.75) is 25.8 Å². The van der Waals surface area contributed by atoms with Crippen LogP contribution in [0.25, 0.3) is 0 Å². The van der Waals surface area contributed by atoms with Gasteiger partial charge in [-0.1, -0.05) is 0 Å². The Hall–Kier alpha value is -1.10. The molecule has 0 spiro atoms. The summed E-state index contributed by atoms with van der Waals surface area (Å²) >= 11 is 0. The van der Waals surface area contributed by atoms with Gasteiger partial charge in [0.25, 0.3) is 0 Å². The molecule has 5 nitrogen and oxygen atoms in total. The van der Waals surface area contributed by atoms with Gasteiger partial charge in [0.1, 0.15) is 0 Å². The van der Waals surface area contributed by atoms with Gasteiger partial charge in [-0.25, -0.2) is 0 Å². The Labute approximate surface area is 70.2 Å². The van der Waals surface area contributed by atoms with Crippen molar-refractivity contribution in [1.82, 2.24) is 0 Å². The smallest absolute Gasteiger partial charge is 0.308 e. The highest BCUT2D eigenvalue weighted by atomic mass is 16.4. The normalized spacial score (nSPS) is 15.2. The van der Waals surface area contributed by atoms with Gasteiger partial charge in [0.05, 0.1) is 5.92 Å². The van der Waals surface area contributed by atoms with Crippen molar-refractivity contribution in [3.8, 4) is 0 Å². The number of aliphatic carboxylic acids is 2. The molecule has 0 aromatic rings. The third-order valence-electron chi connectivity index (χ3n) is 1.62.